The summed E-state index contributed by atoms with van der Waals surface area (Å²) < 4.78 is 1.73. The third kappa shape index (κ3) is 6.45. The maximum Gasteiger partial charge on any atom is 0.191 e. The Balaban J connectivity index is 0.00000288. The molecule has 0 amide bonds. The normalized spacial score (nSPS) is 11.1. The van der Waals surface area contributed by atoms with E-state index in [1.807, 2.05) is 19.2 Å². The molecule has 1 heterocycles. The van der Waals surface area contributed by atoms with Crippen molar-refractivity contribution >= 4 is 53.1 Å². The molecular formula is C15H21Cl2IN6. The summed E-state index contributed by atoms with van der Waals surface area (Å²) in [7, 11) is 3.60. The number of hydrogen-bond donors (Lipinski definition) is 2. The fourth-order valence-corrected chi connectivity index (χ4v) is 2.58. The lowest BCUT2D eigenvalue weighted by Gasteiger charge is -2.11. The lowest BCUT2D eigenvalue weighted by Crippen LogP contribution is -2.38. The van der Waals surface area contributed by atoms with Crippen LogP contribution in [0.1, 0.15) is 17.8 Å². The zero-order valence-corrected chi connectivity index (χ0v) is 17.4. The Bertz CT molecular complexity index is 674. The number of aliphatic imine (C=N–C) groups is 1. The second-order valence-electron chi connectivity index (χ2n) is 4.99. The second kappa shape index (κ2) is 10.7. The molecule has 0 bridgehead atoms. The van der Waals surface area contributed by atoms with Gasteiger partial charge in [-0.05, 0) is 30.5 Å². The molecule has 24 heavy (non-hydrogen) atoms. The quantitative estimate of drug-likeness (QED) is 0.287. The number of aryl methyl sites for hydroxylation is 2. The van der Waals surface area contributed by atoms with Gasteiger partial charge < -0.3 is 10.6 Å². The van der Waals surface area contributed by atoms with Gasteiger partial charge in [0.15, 0.2) is 5.96 Å². The second-order valence-corrected chi connectivity index (χ2v) is 5.84. The van der Waals surface area contributed by atoms with Crippen molar-refractivity contribution in [3.63, 3.8) is 0 Å². The van der Waals surface area contributed by atoms with Gasteiger partial charge in [-0.1, -0.05) is 29.3 Å². The first kappa shape index (κ1) is 21.0. The van der Waals surface area contributed by atoms with Crippen molar-refractivity contribution in [3.8, 4) is 0 Å². The average molecular weight is 483 g/mol. The number of hydrogen-bond acceptors (Lipinski definition) is 3. The Morgan fingerprint density at radius 3 is 2.71 bits per heavy atom. The van der Waals surface area contributed by atoms with Crippen LogP contribution >= 0.6 is 47.2 Å². The fraction of sp³-hybridized carbons (Fsp3) is 0.400. The summed E-state index contributed by atoms with van der Waals surface area (Å²) in [4.78, 5) is 8.34. The van der Waals surface area contributed by atoms with Crippen molar-refractivity contribution in [2.24, 2.45) is 12.0 Å². The van der Waals surface area contributed by atoms with E-state index in [9.17, 15) is 0 Å². The van der Waals surface area contributed by atoms with Crippen LogP contribution in [0.5, 0.6) is 0 Å². The first-order chi connectivity index (χ1) is 11.1. The lowest BCUT2D eigenvalue weighted by atomic mass is 10.1. The van der Waals surface area contributed by atoms with Crippen molar-refractivity contribution in [1.29, 1.82) is 0 Å². The van der Waals surface area contributed by atoms with Gasteiger partial charge in [-0.25, -0.2) is 4.98 Å². The first-order valence-electron chi connectivity index (χ1n) is 7.31. The highest BCUT2D eigenvalue weighted by molar-refractivity contribution is 14.0. The highest BCUT2D eigenvalue weighted by Crippen LogP contribution is 2.21. The Kier molecular flexibility index (Phi) is 9.38. The fourth-order valence-electron chi connectivity index (χ4n) is 2.07. The molecular weight excluding hydrogens is 462 g/mol. The summed E-state index contributed by atoms with van der Waals surface area (Å²) >= 11 is 12.1. The van der Waals surface area contributed by atoms with E-state index >= 15 is 0 Å². The number of guanidine groups is 1. The number of rotatable bonds is 6. The Hall–Kier alpha value is -1.06. The molecule has 0 aliphatic carbocycles. The number of halogens is 3. The summed E-state index contributed by atoms with van der Waals surface area (Å²) in [6, 6.07) is 5.59. The first-order valence-corrected chi connectivity index (χ1v) is 8.07. The van der Waals surface area contributed by atoms with E-state index in [1.165, 1.54) is 6.33 Å². The summed E-state index contributed by atoms with van der Waals surface area (Å²) in [6.45, 7) is 1.36. The van der Waals surface area contributed by atoms with Gasteiger partial charge >= 0.3 is 0 Å². The van der Waals surface area contributed by atoms with Gasteiger partial charge in [0.2, 0.25) is 0 Å². The average Bonchev–Trinajstić information content (AvgIpc) is 2.93. The number of nitrogens with zero attached hydrogens (tertiary/aromatic N) is 4. The molecule has 0 aliphatic rings. The summed E-state index contributed by atoms with van der Waals surface area (Å²) in [5.74, 6) is 1.58. The zero-order valence-electron chi connectivity index (χ0n) is 13.6. The summed E-state index contributed by atoms with van der Waals surface area (Å²) in [5, 5.41) is 11.9. The predicted octanol–water partition coefficient (Wildman–Crippen LogP) is 3.04. The topological polar surface area (TPSA) is 67.1 Å². The van der Waals surface area contributed by atoms with E-state index in [4.69, 9.17) is 23.2 Å². The smallest absolute Gasteiger partial charge is 0.191 e. The van der Waals surface area contributed by atoms with Gasteiger partial charge in [0.25, 0.3) is 0 Å². The van der Waals surface area contributed by atoms with Crippen LogP contribution < -0.4 is 10.6 Å². The molecule has 1 aromatic carbocycles. The van der Waals surface area contributed by atoms with E-state index in [0.29, 0.717) is 16.6 Å². The van der Waals surface area contributed by atoms with E-state index in [1.54, 1.807) is 17.8 Å². The molecule has 0 unspecified atom stereocenters. The molecule has 2 rings (SSSR count). The largest absolute Gasteiger partial charge is 0.356 e. The van der Waals surface area contributed by atoms with Crippen LogP contribution in [0.15, 0.2) is 29.5 Å². The van der Waals surface area contributed by atoms with Crippen LogP contribution in [0.4, 0.5) is 0 Å². The molecule has 0 atom stereocenters. The number of nitrogens with one attached hydrogen (secondary N) is 2. The monoisotopic (exact) mass is 482 g/mol. The standard InChI is InChI=1S/C15H20Cl2N6.HI/c1-18-15(20-9-14-21-10-22-23(14)2)19-7-3-4-11-5-6-12(16)8-13(11)17;/h5-6,8,10H,3-4,7,9H2,1-2H3,(H2,18,19,20);1H. The molecule has 132 valence electrons. The van der Waals surface area contributed by atoms with Crippen molar-refractivity contribution in [2.75, 3.05) is 13.6 Å². The van der Waals surface area contributed by atoms with Crippen molar-refractivity contribution < 1.29 is 0 Å². The molecule has 0 saturated heterocycles. The minimum Gasteiger partial charge on any atom is -0.356 e. The van der Waals surface area contributed by atoms with Gasteiger partial charge in [-0.15, -0.1) is 24.0 Å². The minimum atomic E-state index is 0. The van der Waals surface area contributed by atoms with Gasteiger partial charge in [0.05, 0.1) is 6.54 Å². The Morgan fingerprint density at radius 2 is 2.08 bits per heavy atom. The SMILES string of the molecule is CN=C(NCCCc1ccc(Cl)cc1Cl)NCc1ncnn1C.I. The molecule has 0 saturated carbocycles. The van der Waals surface area contributed by atoms with Gasteiger partial charge in [0.1, 0.15) is 12.2 Å². The Morgan fingerprint density at radius 1 is 1.29 bits per heavy atom. The zero-order chi connectivity index (χ0) is 16.7. The van der Waals surface area contributed by atoms with Crippen molar-refractivity contribution in [1.82, 2.24) is 25.4 Å². The third-order valence-corrected chi connectivity index (χ3v) is 3.96. The molecule has 2 N–H and O–H groups in total. The highest BCUT2D eigenvalue weighted by atomic mass is 127. The molecule has 0 spiro atoms. The predicted molar refractivity (Wildman–Crippen MR) is 109 cm³/mol. The molecule has 2 aromatic rings. The van der Waals surface area contributed by atoms with Crippen LogP contribution in [0.2, 0.25) is 10.0 Å². The van der Waals surface area contributed by atoms with Crippen molar-refractivity contribution in [3.05, 3.63) is 46.0 Å². The molecule has 0 aliphatic heterocycles. The van der Waals surface area contributed by atoms with Crippen LogP contribution in [-0.2, 0) is 20.0 Å². The highest BCUT2D eigenvalue weighted by Gasteiger charge is 2.04. The van der Waals surface area contributed by atoms with Crippen LogP contribution in [0.3, 0.4) is 0 Å². The third-order valence-electron chi connectivity index (χ3n) is 3.37. The van der Waals surface area contributed by atoms with Crippen LogP contribution in [0, 0.1) is 0 Å². The van der Waals surface area contributed by atoms with Crippen LogP contribution in [-0.4, -0.2) is 34.3 Å². The van der Waals surface area contributed by atoms with Gasteiger partial charge in [-0.2, -0.15) is 5.10 Å². The van der Waals surface area contributed by atoms with E-state index in [0.717, 1.165) is 36.7 Å². The summed E-state index contributed by atoms with van der Waals surface area (Å²) in [6.07, 6.45) is 3.35. The van der Waals surface area contributed by atoms with E-state index < -0.39 is 0 Å². The molecule has 9 heteroatoms. The minimum absolute atomic E-state index is 0. The molecule has 0 fully saturated rings. The molecule has 0 radical (unpaired) electrons. The molecule has 6 nitrogen and oxygen atoms in total. The van der Waals surface area contributed by atoms with Gasteiger partial charge in [0, 0.05) is 30.7 Å². The maximum absolute atomic E-state index is 6.16. The number of aromatic nitrogens is 3. The number of benzene rings is 1. The van der Waals surface area contributed by atoms with Crippen molar-refractivity contribution in [2.45, 2.75) is 19.4 Å². The van der Waals surface area contributed by atoms with E-state index in [-0.39, 0.29) is 24.0 Å². The van der Waals surface area contributed by atoms with Crippen LogP contribution in [0.25, 0.3) is 0 Å². The maximum atomic E-state index is 6.16. The summed E-state index contributed by atoms with van der Waals surface area (Å²) in [5.41, 5.74) is 1.10. The van der Waals surface area contributed by atoms with E-state index in [2.05, 4.69) is 25.7 Å². The van der Waals surface area contributed by atoms with Gasteiger partial charge in [-0.3, -0.25) is 9.67 Å². The molecule has 1 aromatic heterocycles. The lowest BCUT2D eigenvalue weighted by molar-refractivity contribution is 0.669. The Labute approximate surface area is 169 Å².